The Bertz CT molecular complexity index is 512. The van der Waals surface area contributed by atoms with Crippen LogP contribution in [-0.4, -0.2) is 4.98 Å². The number of nitrogens with zero attached hydrogens (tertiary/aromatic N) is 1. The first-order chi connectivity index (χ1) is 8.74. The van der Waals surface area contributed by atoms with Crippen molar-refractivity contribution in [1.29, 1.82) is 0 Å². The Labute approximate surface area is 116 Å². The second kappa shape index (κ2) is 6.29. The molecule has 0 radical (unpaired) electrons. The average molecular weight is 282 g/mol. The highest BCUT2D eigenvalue weighted by Crippen LogP contribution is 2.27. The molecule has 0 fully saturated rings. The first kappa shape index (κ1) is 13.5. The predicted molar refractivity (Wildman–Crippen MR) is 76.7 cm³/mol. The highest BCUT2D eigenvalue weighted by atomic mass is 35.5. The number of hydrazine groups is 1. The van der Waals surface area contributed by atoms with Gasteiger partial charge >= 0.3 is 0 Å². The Balaban J connectivity index is 2.17. The standard InChI is InChI=1S/C13H16ClN3S/c1-2-10-3-4-13(18-10)12(17-15)7-9-5-6-16-8-11(9)14/h3-6,8,12,17H,2,7,15H2,1H3. The van der Waals surface area contributed by atoms with Crippen molar-refractivity contribution < 1.29 is 0 Å². The summed E-state index contributed by atoms with van der Waals surface area (Å²) >= 11 is 7.91. The van der Waals surface area contributed by atoms with Gasteiger partial charge in [0.1, 0.15) is 0 Å². The van der Waals surface area contributed by atoms with Crippen LogP contribution in [0.25, 0.3) is 0 Å². The molecule has 96 valence electrons. The molecule has 2 heterocycles. The Morgan fingerprint density at radius 2 is 2.28 bits per heavy atom. The van der Waals surface area contributed by atoms with Gasteiger partial charge in [-0.25, -0.2) is 0 Å². The van der Waals surface area contributed by atoms with Crippen molar-refractivity contribution in [2.24, 2.45) is 5.84 Å². The van der Waals surface area contributed by atoms with Crippen LogP contribution in [0.15, 0.2) is 30.6 Å². The van der Waals surface area contributed by atoms with Gasteiger partial charge in [0.2, 0.25) is 0 Å². The van der Waals surface area contributed by atoms with Crippen LogP contribution in [0, 0.1) is 0 Å². The van der Waals surface area contributed by atoms with Crippen LogP contribution in [0.4, 0.5) is 0 Å². The summed E-state index contributed by atoms with van der Waals surface area (Å²) in [5.41, 5.74) is 3.92. The lowest BCUT2D eigenvalue weighted by Gasteiger charge is -2.14. The third kappa shape index (κ3) is 3.09. The highest BCUT2D eigenvalue weighted by Gasteiger charge is 2.14. The van der Waals surface area contributed by atoms with Crippen LogP contribution in [0.1, 0.15) is 28.3 Å². The highest BCUT2D eigenvalue weighted by molar-refractivity contribution is 7.12. The topological polar surface area (TPSA) is 50.9 Å². The molecule has 18 heavy (non-hydrogen) atoms. The van der Waals surface area contributed by atoms with E-state index in [2.05, 4.69) is 29.5 Å². The molecule has 3 nitrogen and oxygen atoms in total. The molecule has 0 aliphatic heterocycles. The van der Waals surface area contributed by atoms with Gasteiger partial charge in [0.15, 0.2) is 0 Å². The van der Waals surface area contributed by atoms with Gasteiger partial charge in [0.05, 0.1) is 11.1 Å². The summed E-state index contributed by atoms with van der Waals surface area (Å²) in [5.74, 6) is 5.65. The fourth-order valence-corrected chi connectivity index (χ4v) is 3.01. The van der Waals surface area contributed by atoms with E-state index >= 15 is 0 Å². The van der Waals surface area contributed by atoms with Crippen molar-refractivity contribution >= 4 is 22.9 Å². The maximum absolute atomic E-state index is 6.12. The van der Waals surface area contributed by atoms with E-state index in [-0.39, 0.29) is 6.04 Å². The van der Waals surface area contributed by atoms with Crippen molar-refractivity contribution in [2.45, 2.75) is 25.8 Å². The molecule has 1 atom stereocenters. The van der Waals surface area contributed by atoms with Crippen LogP contribution in [0.5, 0.6) is 0 Å². The fraction of sp³-hybridized carbons (Fsp3) is 0.308. The largest absolute Gasteiger partial charge is 0.271 e. The summed E-state index contributed by atoms with van der Waals surface area (Å²) in [5, 5.41) is 0.685. The zero-order valence-corrected chi connectivity index (χ0v) is 11.8. The molecule has 0 saturated heterocycles. The van der Waals surface area contributed by atoms with Gasteiger partial charge in [-0.15, -0.1) is 11.3 Å². The minimum atomic E-state index is 0.0928. The number of nitrogens with two attached hydrogens (primary N) is 1. The SMILES string of the molecule is CCc1ccc(C(Cc2ccncc2Cl)NN)s1. The van der Waals surface area contributed by atoms with E-state index in [0.29, 0.717) is 5.02 Å². The number of pyridine rings is 1. The monoisotopic (exact) mass is 281 g/mol. The van der Waals surface area contributed by atoms with Crippen LogP contribution < -0.4 is 11.3 Å². The van der Waals surface area contributed by atoms with E-state index < -0.39 is 0 Å². The van der Waals surface area contributed by atoms with E-state index in [0.717, 1.165) is 18.4 Å². The number of aromatic nitrogens is 1. The number of nitrogens with one attached hydrogen (secondary N) is 1. The number of hydrogen-bond acceptors (Lipinski definition) is 4. The van der Waals surface area contributed by atoms with Gasteiger partial charge < -0.3 is 0 Å². The normalized spacial score (nSPS) is 12.6. The van der Waals surface area contributed by atoms with Gasteiger partial charge in [-0.2, -0.15) is 0 Å². The molecule has 0 saturated carbocycles. The van der Waals surface area contributed by atoms with E-state index in [1.54, 1.807) is 23.7 Å². The number of rotatable bonds is 5. The molecule has 2 aromatic rings. The molecule has 5 heteroatoms. The molecule has 0 aromatic carbocycles. The quantitative estimate of drug-likeness (QED) is 0.654. The van der Waals surface area contributed by atoms with Gasteiger partial charge in [-0.3, -0.25) is 16.3 Å². The molecule has 0 amide bonds. The zero-order chi connectivity index (χ0) is 13.0. The van der Waals surface area contributed by atoms with E-state index in [9.17, 15) is 0 Å². The van der Waals surface area contributed by atoms with Gasteiger partial charge in [-0.05, 0) is 36.6 Å². The third-order valence-corrected chi connectivity index (χ3v) is 4.54. The lowest BCUT2D eigenvalue weighted by molar-refractivity contribution is 0.560. The second-order valence-corrected chi connectivity index (χ2v) is 5.66. The Kier molecular flexibility index (Phi) is 4.72. The van der Waals surface area contributed by atoms with Gasteiger partial charge in [0.25, 0.3) is 0 Å². The van der Waals surface area contributed by atoms with Gasteiger partial charge in [0, 0.05) is 22.1 Å². The van der Waals surface area contributed by atoms with Crippen molar-refractivity contribution in [2.75, 3.05) is 0 Å². The van der Waals surface area contributed by atoms with E-state index in [4.69, 9.17) is 17.4 Å². The molecule has 0 spiro atoms. The molecule has 3 N–H and O–H groups in total. The first-order valence-electron chi connectivity index (χ1n) is 5.87. The molecule has 2 aromatic heterocycles. The van der Waals surface area contributed by atoms with Crippen LogP contribution in [0.2, 0.25) is 5.02 Å². The first-order valence-corrected chi connectivity index (χ1v) is 7.07. The van der Waals surface area contributed by atoms with Crippen LogP contribution in [0.3, 0.4) is 0 Å². The molecule has 1 unspecified atom stereocenters. The van der Waals surface area contributed by atoms with Crippen molar-refractivity contribution in [3.05, 3.63) is 50.9 Å². The fourth-order valence-electron chi connectivity index (χ4n) is 1.80. The van der Waals surface area contributed by atoms with E-state index in [1.807, 2.05) is 6.07 Å². The Hall–Kier alpha value is -0.940. The van der Waals surface area contributed by atoms with Crippen LogP contribution >= 0.6 is 22.9 Å². The minimum absolute atomic E-state index is 0.0928. The maximum atomic E-state index is 6.12. The summed E-state index contributed by atoms with van der Waals surface area (Å²) in [4.78, 5) is 6.59. The molecule has 0 bridgehead atoms. The zero-order valence-electron chi connectivity index (χ0n) is 10.2. The predicted octanol–water partition coefficient (Wildman–Crippen LogP) is 3.11. The lowest BCUT2D eigenvalue weighted by Crippen LogP contribution is -2.29. The summed E-state index contributed by atoms with van der Waals surface area (Å²) in [6.07, 6.45) is 5.23. The molecule has 2 rings (SSSR count). The van der Waals surface area contributed by atoms with Crippen LogP contribution in [-0.2, 0) is 12.8 Å². The minimum Gasteiger partial charge on any atom is -0.271 e. The van der Waals surface area contributed by atoms with Crippen molar-refractivity contribution in [3.63, 3.8) is 0 Å². The number of aryl methyl sites for hydroxylation is 1. The number of hydrogen-bond donors (Lipinski definition) is 2. The summed E-state index contributed by atoms with van der Waals surface area (Å²) in [6.45, 7) is 2.15. The summed E-state index contributed by atoms with van der Waals surface area (Å²) in [6, 6.07) is 6.30. The molecule has 0 aliphatic carbocycles. The van der Waals surface area contributed by atoms with E-state index in [1.165, 1.54) is 9.75 Å². The summed E-state index contributed by atoms with van der Waals surface area (Å²) in [7, 11) is 0. The maximum Gasteiger partial charge on any atom is 0.0622 e. The average Bonchev–Trinajstić information content (AvgIpc) is 2.86. The summed E-state index contributed by atoms with van der Waals surface area (Å²) < 4.78 is 0. The lowest BCUT2D eigenvalue weighted by atomic mass is 10.1. The Morgan fingerprint density at radius 1 is 1.44 bits per heavy atom. The van der Waals surface area contributed by atoms with Crippen molar-refractivity contribution in [1.82, 2.24) is 10.4 Å². The Morgan fingerprint density at radius 3 is 2.89 bits per heavy atom. The second-order valence-electron chi connectivity index (χ2n) is 4.05. The molecule has 0 aliphatic rings. The molecular formula is C13H16ClN3S. The molecular weight excluding hydrogens is 266 g/mol. The smallest absolute Gasteiger partial charge is 0.0622 e. The third-order valence-electron chi connectivity index (χ3n) is 2.86. The number of thiophene rings is 1. The van der Waals surface area contributed by atoms with Crippen molar-refractivity contribution in [3.8, 4) is 0 Å². The van der Waals surface area contributed by atoms with Gasteiger partial charge in [-0.1, -0.05) is 18.5 Å². The number of halogens is 1.